The van der Waals surface area contributed by atoms with Gasteiger partial charge in [-0.2, -0.15) is 0 Å². The third kappa shape index (κ3) is 4.44. The molecule has 0 fully saturated rings. The summed E-state index contributed by atoms with van der Waals surface area (Å²) in [4.78, 5) is 15.9. The van der Waals surface area contributed by atoms with E-state index in [4.69, 9.17) is 5.73 Å². The molecule has 0 aliphatic carbocycles. The highest BCUT2D eigenvalue weighted by Gasteiger charge is 2.13. The van der Waals surface area contributed by atoms with Crippen LogP contribution < -0.4 is 11.1 Å². The smallest absolute Gasteiger partial charge is 0.241 e. The van der Waals surface area contributed by atoms with Crippen LogP contribution in [-0.2, 0) is 4.79 Å². The van der Waals surface area contributed by atoms with Gasteiger partial charge in [0.05, 0.1) is 17.9 Å². The number of carbonyl (C=O) groups is 1. The molecular formula is C12H18BrN3O. The van der Waals surface area contributed by atoms with E-state index in [2.05, 4.69) is 33.2 Å². The molecule has 94 valence electrons. The lowest BCUT2D eigenvalue weighted by molar-refractivity contribution is -0.117. The van der Waals surface area contributed by atoms with Gasteiger partial charge in [-0.15, -0.1) is 0 Å². The number of hydrogen-bond donors (Lipinski definition) is 2. The van der Waals surface area contributed by atoms with Gasteiger partial charge in [-0.05, 0) is 40.9 Å². The van der Waals surface area contributed by atoms with E-state index in [0.717, 1.165) is 23.0 Å². The van der Waals surface area contributed by atoms with E-state index in [9.17, 15) is 4.79 Å². The predicted molar refractivity (Wildman–Crippen MR) is 72.8 cm³/mol. The number of carbonyl (C=O) groups excluding carboxylic acids is 1. The highest BCUT2D eigenvalue weighted by molar-refractivity contribution is 9.10. The molecule has 0 aliphatic rings. The molecule has 0 bridgehead atoms. The van der Waals surface area contributed by atoms with Crippen molar-refractivity contribution in [3.05, 3.63) is 22.4 Å². The number of rotatable bonds is 5. The van der Waals surface area contributed by atoms with Gasteiger partial charge in [0, 0.05) is 0 Å². The summed E-state index contributed by atoms with van der Waals surface area (Å²) in [6.07, 6.45) is 4.33. The molecule has 1 atom stereocenters. The lowest BCUT2D eigenvalue weighted by Crippen LogP contribution is -2.35. The third-order valence-electron chi connectivity index (χ3n) is 2.49. The van der Waals surface area contributed by atoms with Crippen molar-refractivity contribution in [2.24, 2.45) is 5.73 Å². The van der Waals surface area contributed by atoms with Crippen LogP contribution in [0, 0.1) is 6.92 Å². The summed E-state index contributed by atoms with van der Waals surface area (Å²) in [6.45, 7) is 4.00. The molecule has 1 heterocycles. The average Bonchev–Trinajstić information content (AvgIpc) is 2.30. The Hall–Kier alpha value is -0.940. The second-order valence-electron chi connectivity index (χ2n) is 4.07. The van der Waals surface area contributed by atoms with E-state index in [1.807, 2.05) is 13.0 Å². The van der Waals surface area contributed by atoms with E-state index in [1.54, 1.807) is 6.20 Å². The molecule has 1 rings (SSSR count). The summed E-state index contributed by atoms with van der Waals surface area (Å²) in [5.74, 6) is -0.151. The molecule has 4 nitrogen and oxygen atoms in total. The maximum absolute atomic E-state index is 11.7. The number of nitrogens with two attached hydrogens (primary N) is 1. The predicted octanol–water partition coefficient (Wildman–Crippen LogP) is 2.61. The van der Waals surface area contributed by atoms with E-state index in [1.165, 1.54) is 0 Å². The van der Waals surface area contributed by atoms with Crippen molar-refractivity contribution in [3.63, 3.8) is 0 Å². The Balaban J connectivity index is 2.58. The molecule has 0 saturated heterocycles. The Labute approximate surface area is 110 Å². The van der Waals surface area contributed by atoms with E-state index >= 15 is 0 Å². The molecule has 0 aromatic carbocycles. The first-order chi connectivity index (χ1) is 8.04. The van der Waals surface area contributed by atoms with Crippen LogP contribution in [0.2, 0.25) is 0 Å². The lowest BCUT2D eigenvalue weighted by atomic mass is 10.1. The van der Waals surface area contributed by atoms with Gasteiger partial charge in [-0.25, -0.2) is 4.98 Å². The zero-order valence-electron chi connectivity index (χ0n) is 10.2. The second-order valence-corrected chi connectivity index (χ2v) is 4.82. The van der Waals surface area contributed by atoms with Crippen LogP contribution >= 0.6 is 15.9 Å². The Bertz CT molecular complexity index is 395. The largest absolute Gasteiger partial charge is 0.323 e. The van der Waals surface area contributed by atoms with Crippen LogP contribution in [0.5, 0.6) is 0 Å². The SMILES string of the molecule is CCCCC(N)C(=O)Nc1cnc(Br)c(C)c1. The van der Waals surface area contributed by atoms with Crippen molar-refractivity contribution < 1.29 is 4.79 Å². The Morgan fingerprint density at radius 3 is 2.94 bits per heavy atom. The fourth-order valence-corrected chi connectivity index (χ4v) is 1.63. The van der Waals surface area contributed by atoms with Gasteiger partial charge in [0.25, 0.3) is 0 Å². The number of aromatic nitrogens is 1. The number of hydrogen-bond acceptors (Lipinski definition) is 3. The van der Waals surface area contributed by atoms with Gasteiger partial charge in [0.1, 0.15) is 4.60 Å². The monoisotopic (exact) mass is 299 g/mol. The molecule has 17 heavy (non-hydrogen) atoms. The van der Waals surface area contributed by atoms with Crippen molar-refractivity contribution in [3.8, 4) is 0 Å². The number of anilines is 1. The van der Waals surface area contributed by atoms with Crippen LogP contribution in [0.25, 0.3) is 0 Å². The summed E-state index contributed by atoms with van der Waals surface area (Å²) in [5.41, 5.74) is 7.44. The fourth-order valence-electron chi connectivity index (χ4n) is 1.42. The summed E-state index contributed by atoms with van der Waals surface area (Å²) < 4.78 is 0.783. The Morgan fingerprint density at radius 2 is 2.35 bits per heavy atom. The van der Waals surface area contributed by atoms with Gasteiger partial charge in [-0.3, -0.25) is 4.79 Å². The van der Waals surface area contributed by atoms with E-state index < -0.39 is 6.04 Å². The van der Waals surface area contributed by atoms with Gasteiger partial charge in [-0.1, -0.05) is 19.8 Å². The van der Waals surface area contributed by atoms with E-state index in [0.29, 0.717) is 12.1 Å². The molecule has 0 radical (unpaired) electrons. The first-order valence-electron chi connectivity index (χ1n) is 5.73. The maximum atomic E-state index is 11.7. The molecule has 5 heteroatoms. The maximum Gasteiger partial charge on any atom is 0.241 e. The van der Waals surface area contributed by atoms with Crippen molar-refractivity contribution >= 4 is 27.5 Å². The number of aryl methyl sites for hydroxylation is 1. The highest BCUT2D eigenvalue weighted by Crippen LogP contribution is 2.16. The Morgan fingerprint density at radius 1 is 1.65 bits per heavy atom. The molecule has 1 aromatic heterocycles. The summed E-state index contributed by atoms with van der Waals surface area (Å²) in [6, 6.07) is 1.42. The lowest BCUT2D eigenvalue weighted by Gasteiger charge is -2.12. The normalized spacial score (nSPS) is 12.2. The van der Waals surface area contributed by atoms with Crippen LogP contribution in [0.15, 0.2) is 16.9 Å². The number of nitrogens with zero attached hydrogens (tertiary/aromatic N) is 1. The van der Waals surface area contributed by atoms with Crippen molar-refractivity contribution in [1.82, 2.24) is 4.98 Å². The minimum absolute atomic E-state index is 0.151. The molecule has 1 aromatic rings. The molecule has 1 unspecified atom stereocenters. The summed E-state index contributed by atoms with van der Waals surface area (Å²) >= 11 is 3.31. The highest BCUT2D eigenvalue weighted by atomic mass is 79.9. The molecule has 1 amide bonds. The minimum atomic E-state index is -0.445. The van der Waals surface area contributed by atoms with Crippen LogP contribution in [-0.4, -0.2) is 16.9 Å². The third-order valence-corrected chi connectivity index (χ3v) is 3.32. The van der Waals surface area contributed by atoms with Gasteiger partial charge in [0.2, 0.25) is 5.91 Å². The zero-order valence-corrected chi connectivity index (χ0v) is 11.8. The Kier molecular flexibility index (Phi) is 5.58. The number of halogens is 1. The molecule has 0 aliphatic heterocycles. The van der Waals surface area contributed by atoms with Crippen LogP contribution in [0.3, 0.4) is 0 Å². The van der Waals surface area contributed by atoms with E-state index in [-0.39, 0.29) is 5.91 Å². The summed E-state index contributed by atoms with van der Waals surface area (Å²) in [5, 5.41) is 2.77. The zero-order chi connectivity index (χ0) is 12.8. The summed E-state index contributed by atoms with van der Waals surface area (Å²) in [7, 11) is 0. The van der Waals surface area contributed by atoms with Gasteiger partial charge in [0.15, 0.2) is 0 Å². The molecule has 0 spiro atoms. The second kappa shape index (κ2) is 6.71. The standard InChI is InChI=1S/C12H18BrN3O/c1-3-4-5-10(14)12(17)16-9-6-8(2)11(13)15-7-9/h6-7,10H,3-5,14H2,1-2H3,(H,16,17). The fraction of sp³-hybridized carbons (Fsp3) is 0.500. The molecule has 3 N–H and O–H groups in total. The topological polar surface area (TPSA) is 68.0 Å². The van der Waals surface area contributed by atoms with Gasteiger partial charge < -0.3 is 11.1 Å². The molecular weight excluding hydrogens is 282 g/mol. The van der Waals surface area contributed by atoms with Crippen molar-refractivity contribution in [2.75, 3.05) is 5.32 Å². The van der Waals surface area contributed by atoms with Crippen molar-refractivity contribution in [2.45, 2.75) is 39.2 Å². The van der Waals surface area contributed by atoms with Gasteiger partial charge >= 0.3 is 0 Å². The van der Waals surface area contributed by atoms with Crippen LogP contribution in [0.4, 0.5) is 5.69 Å². The number of unbranched alkanes of at least 4 members (excludes halogenated alkanes) is 1. The molecule has 0 saturated carbocycles. The van der Waals surface area contributed by atoms with Crippen molar-refractivity contribution in [1.29, 1.82) is 0 Å². The average molecular weight is 300 g/mol. The minimum Gasteiger partial charge on any atom is -0.323 e. The first-order valence-corrected chi connectivity index (χ1v) is 6.52. The van der Waals surface area contributed by atoms with Crippen LogP contribution in [0.1, 0.15) is 31.7 Å². The number of pyridine rings is 1. The quantitative estimate of drug-likeness (QED) is 0.821. The number of nitrogens with one attached hydrogen (secondary N) is 1. The number of amides is 1. The first kappa shape index (κ1) is 14.1.